The highest BCUT2D eigenvalue weighted by molar-refractivity contribution is 7.71. The van der Waals surface area contributed by atoms with E-state index in [2.05, 4.69) is 23.2 Å². The van der Waals surface area contributed by atoms with Gasteiger partial charge < -0.3 is 9.30 Å². The molecular formula is C14H19N3OS. The predicted molar refractivity (Wildman–Crippen MR) is 78.0 cm³/mol. The van der Waals surface area contributed by atoms with Crippen molar-refractivity contribution < 1.29 is 4.74 Å². The third kappa shape index (κ3) is 2.87. The first kappa shape index (κ1) is 13.8. The van der Waals surface area contributed by atoms with Crippen molar-refractivity contribution in [3.8, 4) is 5.75 Å². The molecule has 1 N–H and O–H groups in total. The summed E-state index contributed by atoms with van der Waals surface area (Å²) in [4.78, 5) is 0. The topological polar surface area (TPSA) is 42.8 Å². The van der Waals surface area contributed by atoms with E-state index in [1.54, 1.807) is 0 Å². The van der Waals surface area contributed by atoms with Crippen molar-refractivity contribution >= 4 is 12.2 Å². The van der Waals surface area contributed by atoms with Crippen LogP contribution >= 0.6 is 12.2 Å². The Morgan fingerprint density at radius 2 is 2.16 bits per heavy atom. The second-order valence-corrected chi connectivity index (χ2v) is 5.05. The summed E-state index contributed by atoms with van der Waals surface area (Å²) in [7, 11) is 0. The van der Waals surface area contributed by atoms with Crippen LogP contribution in [-0.2, 0) is 6.54 Å². The monoisotopic (exact) mass is 277 g/mol. The zero-order chi connectivity index (χ0) is 14.0. The normalized spacial score (nSPS) is 12.4. The molecule has 19 heavy (non-hydrogen) atoms. The first-order valence-electron chi connectivity index (χ1n) is 6.42. The molecule has 0 amide bonds. The average Bonchev–Trinajstić information content (AvgIpc) is 2.74. The van der Waals surface area contributed by atoms with E-state index in [4.69, 9.17) is 17.0 Å². The number of H-pyrrole nitrogens is 1. The van der Waals surface area contributed by atoms with Crippen LogP contribution in [0.15, 0.2) is 18.2 Å². The lowest BCUT2D eigenvalue weighted by Gasteiger charge is -2.16. The molecule has 0 spiro atoms. The van der Waals surface area contributed by atoms with Crippen LogP contribution in [0.25, 0.3) is 0 Å². The maximum atomic E-state index is 5.99. The van der Waals surface area contributed by atoms with Crippen molar-refractivity contribution in [2.75, 3.05) is 0 Å². The molecular weight excluding hydrogens is 258 g/mol. The van der Waals surface area contributed by atoms with Crippen LogP contribution in [0, 0.1) is 18.6 Å². The number of aromatic nitrogens is 3. The van der Waals surface area contributed by atoms with Crippen molar-refractivity contribution in [3.05, 3.63) is 39.9 Å². The maximum Gasteiger partial charge on any atom is 0.195 e. The fraction of sp³-hybridized carbons (Fsp3) is 0.429. The van der Waals surface area contributed by atoms with Gasteiger partial charge in [-0.15, -0.1) is 0 Å². The average molecular weight is 277 g/mol. The summed E-state index contributed by atoms with van der Waals surface area (Å²) in [5.74, 6) is 1.71. The SMILES string of the molecule is CCn1c(C(C)Oc2ccc(C)cc2C)n[nH]c1=S. The van der Waals surface area contributed by atoms with Gasteiger partial charge in [-0.25, -0.2) is 0 Å². The van der Waals surface area contributed by atoms with Crippen molar-refractivity contribution in [2.45, 2.75) is 40.3 Å². The molecule has 0 aliphatic heterocycles. The minimum atomic E-state index is -0.144. The Morgan fingerprint density at radius 1 is 1.42 bits per heavy atom. The van der Waals surface area contributed by atoms with E-state index < -0.39 is 0 Å². The number of hydrogen-bond donors (Lipinski definition) is 1. The summed E-state index contributed by atoms with van der Waals surface area (Å²) in [5, 5.41) is 7.07. The number of nitrogens with zero attached hydrogens (tertiary/aromatic N) is 2. The van der Waals surface area contributed by atoms with E-state index in [0.29, 0.717) is 4.77 Å². The van der Waals surface area contributed by atoms with E-state index in [-0.39, 0.29) is 6.10 Å². The molecule has 5 heteroatoms. The number of aryl methyl sites for hydroxylation is 2. The van der Waals surface area contributed by atoms with E-state index >= 15 is 0 Å². The smallest absolute Gasteiger partial charge is 0.195 e. The standard InChI is InChI=1S/C14H19N3OS/c1-5-17-13(15-16-14(17)19)11(4)18-12-7-6-9(2)8-10(12)3/h6-8,11H,5H2,1-4H3,(H,16,19). The number of aromatic amines is 1. The van der Waals surface area contributed by atoms with E-state index in [1.165, 1.54) is 5.56 Å². The van der Waals surface area contributed by atoms with Gasteiger partial charge in [0.2, 0.25) is 0 Å². The lowest BCUT2D eigenvalue weighted by molar-refractivity contribution is 0.209. The van der Waals surface area contributed by atoms with Crippen LogP contribution in [0.3, 0.4) is 0 Å². The predicted octanol–water partition coefficient (Wildman–Crippen LogP) is 3.72. The Kier molecular flexibility index (Phi) is 4.04. The number of nitrogens with one attached hydrogen (secondary N) is 1. The van der Waals surface area contributed by atoms with Gasteiger partial charge in [0, 0.05) is 6.54 Å². The Labute approximate surface area is 118 Å². The van der Waals surface area contributed by atoms with Gasteiger partial charge in [0.25, 0.3) is 0 Å². The molecule has 0 aliphatic rings. The molecule has 4 nitrogen and oxygen atoms in total. The van der Waals surface area contributed by atoms with Crippen LogP contribution in [0.1, 0.15) is 36.9 Å². The third-order valence-corrected chi connectivity index (χ3v) is 3.41. The second-order valence-electron chi connectivity index (χ2n) is 4.66. The number of benzene rings is 1. The number of rotatable bonds is 4. The van der Waals surface area contributed by atoms with Gasteiger partial charge in [0.05, 0.1) is 0 Å². The van der Waals surface area contributed by atoms with Gasteiger partial charge >= 0.3 is 0 Å². The van der Waals surface area contributed by atoms with Crippen molar-refractivity contribution in [3.63, 3.8) is 0 Å². The molecule has 0 radical (unpaired) electrons. The number of hydrogen-bond acceptors (Lipinski definition) is 3. The van der Waals surface area contributed by atoms with E-state index in [0.717, 1.165) is 23.7 Å². The quantitative estimate of drug-likeness (QED) is 0.866. The summed E-state index contributed by atoms with van der Waals surface area (Å²) in [6.45, 7) is 8.93. The second kappa shape index (κ2) is 5.57. The molecule has 1 atom stereocenters. The highest BCUT2D eigenvalue weighted by atomic mass is 32.1. The van der Waals surface area contributed by atoms with Gasteiger partial charge in [0.15, 0.2) is 16.7 Å². The van der Waals surface area contributed by atoms with Gasteiger partial charge in [-0.2, -0.15) is 5.10 Å². The van der Waals surface area contributed by atoms with Gasteiger partial charge in [-0.1, -0.05) is 17.7 Å². The van der Waals surface area contributed by atoms with Crippen LogP contribution in [0.2, 0.25) is 0 Å². The first-order chi connectivity index (χ1) is 9.02. The van der Waals surface area contributed by atoms with E-state index in [1.807, 2.05) is 37.5 Å². The molecule has 0 saturated heterocycles. The zero-order valence-electron chi connectivity index (χ0n) is 11.7. The Morgan fingerprint density at radius 3 is 2.79 bits per heavy atom. The minimum absolute atomic E-state index is 0.144. The van der Waals surface area contributed by atoms with Crippen LogP contribution < -0.4 is 4.74 Å². The van der Waals surface area contributed by atoms with Crippen molar-refractivity contribution in [1.29, 1.82) is 0 Å². The molecule has 1 aromatic heterocycles. The number of ether oxygens (including phenoxy) is 1. The Balaban J connectivity index is 2.25. The lowest BCUT2D eigenvalue weighted by atomic mass is 10.1. The first-order valence-corrected chi connectivity index (χ1v) is 6.82. The van der Waals surface area contributed by atoms with Gasteiger partial charge in [-0.05, 0) is 51.5 Å². The summed E-state index contributed by atoms with van der Waals surface area (Å²) in [5.41, 5.74) is 2.36. The summed E-state index contributed by atoms with van der Waals surface area (Å²) >= 11 is 5.19. The molecule has 1 aromatic carbocycles. The van der Waals surface area contributed by atoms with E-state index in [9.17, 15) is 0 Å². The van der Waals surface area contributed by atoms with Gasteiger partial charge in [0.1, 0.15) is 5.75 Å². The molecule has 0 bridgehead atoms. The molecule has 1 heterocycles. The molecule has 0 aliphatic carbocycles. The molecule has 102 valence electrons. The van der Waals surface area contributed by atoms with Crippen LogP contribution in [-0.4, -0.2) is 14.8 Å². The minimum Gasteiger partial charge on any atom is -0.482 e. The molecule has 2 rings (SSSR count). The highest BCUT2D eigenvalue weighted by Crippen LogP contribution is 2.24. The van der Waals surface area contributed by atoms with Gasteiger partial charge in [-0.3, -0.25) is 5.10 Å². The third-order valence-electron chi connectivity index (χ3n) is 3.10. The van der Waals surface area contributed by atoms with Crippen molar-refractivity contribution in [1.82, 2.24) is 14.8 Å². The van der Waals surface area contributed by atoms with Crippen LogP contribution in [0.4, 0.5) is 0 Å². The largest absolute Gasteiger partial charge is 0.482 e. The summed E-state index contributed by atoms with van der Waals surface area (Å²) in [6.07, 6.45) is -0.144. The molecule has 2 aromatic rings. The van der Waals surface area contributed by atoms with Crippen molar-refractivity contribution in [2.24, 2.45) is 0 Å². The Hall–Kier alpha value is -1.62. The highest BCUT2D eigenvalue weighted by Gasteiger charge is 2.15. The Bertz CT molecular complexity index is 630. The zero-order valence-corrected chi connectivity index (χ0v) is 12.5. The summed E-state index contributed by atoms with van der Waals surface area (Å²) < 4.78 is 8.57. The lowest BCUT2D eigenvalue weighted by Crippen LogP contribution is -2.11. The molecule has 0 saturated carbocycles. The molecule has 0 fully saturated rings. The van der Waals surface area contributed by atoms with Crippen LogP contribution in [0.5, 0.6) is 5.75 Å². The fourth-order valence-corrected chi connectivity index (χ4v) is 2.39. The maximum absolute atomic E-state index is 5.99. The molecule has 1 unspecified atom stereocenters. The summed E-state index contributed by atoms with van der Waals surface area (Å²) in [6, 6.07) is 6.16. The fourth-order valence-electron chi connectivity index (χ4n) is 2.12.